The maximum Gasteiger partial charge on any atom is 0.133 e. The average molecular weight is 221 g/mol. The van der Waals surface area contributed by atoms with Gasteiger partial charge in [-0.25, -0.2) is 9.97 Å². The molecule has 16 heavy (non-hydrogen) atoms. The van der Waals surface area contributed by atoms with Crippen LogP contribution in [0.25, 0.3) is 0 Å². The van der Waals surface area contributed by atoms with E-state index in [-0.39, 0.29) is 0 Å². The Labute approximate surface area is 98.7 Å². The molecule has 1 heterocycles. The third kappa shape index (κ3) is 3.27. The van der Waals surface area contributed by atoms with Crippen LogP contribution >= 0.6 is 0 Å². The molecule has 1 aromatic rings. The summed E-state index contributed by atoms with van der Waals surface area (Å²) in [6.45, 7) is 11.6. The third-order valence-corrected chi connectivity index (χ3v) is 2.90. The molecule has 1 N–H and O–H groups in total. The molecule has 0 amide bonds. The minimum Gasteiger partial charge on any atom is -0.314 e. The topological polar surface area (TPSA) is 37.8 Å². The monoisotopic (exact) mass is 221 g/mol. The lowest BCUT2D eigenvalue weighted by atomic mass is 9.97. The largest absolute Gasteiger partial charge is 0.314 e. The molecular formula is C13H23N3. The van der Waals surface area contributed by atoms with Gasteiger partial charge in [-0.1, -0.05) is 13.8 Å². The second-order valence-electron chi connectivity index (χ2n) is 4.37. The summed E-state index contributed by atoms with van der Waals surface area (Å²) in [6.07, 6.45) is 1.07. The quantitative estimate of drug-likeness (QED) is 0.830. The van der Waals surface area contributed by atoms with Crippen LogP contribution in [0.2, 0.25) is 0 Å². The molecule has 0 fully saturated rings. The van der Waals surface area contributed by atoms with Gasteiger partial charge in [-0.15, -0.1) is 0 Å². The second-order valence-corrected chi connectivity index (χ2v) is 4.37. The van der Waals surface area contributed by atoms with Crippen LogP contribution in [0.3, 0.4) is 0 Å². The number of nitrogens with one attached hydrogen (secondary N) is 1. The maximum atomic E-state index is 4.56. The average Bonchev–Trinajstić information content (AvgIpc) is 2.17. The van der Waals surface area contributed by atoms with E-state index in [1.165, 1.54) is 0 Å². The minimum absolute atomic E-state index is 0.401. The molecule has 0 aromatic carbocycles. The van der Waals surface area contributed by atoms with Crippen LogP contribution in [0.1, 0.15) is 50.3 Å². The first-order chi connectivity index (χ1) is 7.58. The highest BCUT2D eigenvalue weighted by Crippen LogP contribution is 2.20. The van der Waals surface area contributed by atoms with Crippen molar-refractivity contribution in [3.63, 3.8) is 0 Å². The van der Waals surface area contributed by atoms with Gasteiger partial charge in [0.25, 0.3) is 0 Å². The fourth-order valence-electron chi connectivity index (χ4n) is 2.14. The van der Waals surface area contributed by atoms with Crippen molar-refractivity contribution in [3.8, 4) is 0 Å². The molecule has 2 atom stereocenters. The number of hydrogen-bond donors (Lipinski definition) is 1. The highest BCUT2D eigenvalue weighted by molar-refractivity contribution is 5.12. The fraction of sp³-hybridized carbons (Fsp3) is 0.692. The number of rotatable bonds is 5. The molecule has 0 aliphatic rings. The molecule has 90 valence electrons. The van der Waals surface area contributed by atoms with E-state index in [0.717, 1.165) is 30.2 Å². The maximum absolute atomic E-state index is 4.56. The summed E-state index contributed by atoms with van der Waals surface area (Å²) >= 11 is 0. The number of aromatic nitrogens is 2. The van der Waals surface area contributed by atoms with Gasteiger partial charge in [0.15, 0.2) is 0 Å². The summed E-state index contributed by atoms with van der Waals surface area (Å²) in [5.74, 6) is 1.38. The Bertz CT molecular complexity index is 316. The van der Waals surface area contributed by atoms with Gasteiger partial charge in [-0.3, -0.25) is 0 Å². The van der Waals surface area contributed by atoms with Crippen molar-refractivity contribution >= 4 is 0 Å². The van der Waals surface area contributed by atoms with E-state index in [1.54, 1.807) is 0 Å². The molecule has 1 aromatic heterocycles. The van der Waals surface area contributed by atoms with Gasteiger partial charge in [0.1, 0.15) is 5.82 Å². The van der Waals surface area contributed by atoms with Crippen molar-refractivity contribution in [3.05, 3.63) is 23.3 Å². The molecule has 0 bridgehead atoms. The summed E-state index contributed by atoms with van der Waals surface area (Å²) in [5.41, 5.74) is 2.12. The van der Waals surface area contributed by atoms with Crippen molar-refractivity contribution in [2.24, 2.45) is 0 Å². The summed E-state index contributed by atoms with van der Waals surface area (Å²) in [6, 6.07) is 2.45. The fourth-order valence-corrected chi connectivity index (χ4v) is 2.14. The van der Waals surface area contributed by atoms with Crippen molar-refractivity contribution < 1.29 is 0 Å². The smallest absolute Gasteiger partial charge is 0.133 e. The van der Waals surface area contributed by atoms with E-state index in [4.69, 9.17) is 0 Å². The Morgan fingerprint density at radius 3 is 2.19 bits per heavy atom. The van der Waals surface area contributed by atoms with E-state index in [0.29, 0.717) is 12.0 Å². The highest BCUT2D eigenvalue weighted by Gasteiger charge is 2.19. The van der Waals surface area contributed by atoms with Crippen LogP contribution in [0.5, 0.6) is 0 Å². The SMILES string of the molecule is CCNC(C)C(CC)c1nc(C)cc(C)n1. The van der Waals surface area contributed by atoms with Crippen LogP contribution in [-0.2, 0) is 0 Å². The summed E-state index contributed by atoms with van der Waals surface area (Å²) in [7, 11) is 0. The first kappa shape index (κ1) is 13.1. The van der Waals surface area contributed by atoms with Crippen molar-refractivity contribution in [2.45, 2.75) is 53.0 Å². The summed E-state index contributed by atoms with van der Waals surface area (Å²) < 4.78 is 0. The Hall–Kier alpha value is -0.960. The Balaban J connectivity index is 2.94. The first-order valence-corrected chi connectivity index (χ1v) is 6.14. The Morgan fingerprint density at radius 2 is 1.75 bits per heavy atom. The van der Waals surface area contributed by atoms with E-state index >= 15 is 0 Å². The number of aryl methyl sites for hydroxylation is 2. The summed E-state index contributed by atoms with van der Waals surface area (Å²) in [5, 5.41) is 3.45. The zero-order valence-corrected chi connectivity index (χ0v) is 11.0. The standard InChI is InChI=1S/C13H23N3/c1-6-12(11(5)14-7-2)13-15-9(3)8-10(4)16-13/h8,11-12,14H,6-7H2,1-5H3. The first-order valence-electron chi connectivity index (χ1n) is 6.14. The van der Waals surface area contributed by atoms with Crippen LogP contribution in [0.4, 0.5) is 0 Å². The molecule has 2 unspecified atom stereocenters. The molecule has 1 rings (SSSR count). The molecule has 0 radical (unpaired) electrons. The predicted octanol–water partition coefficient (Wildman–Crippen LogP) is 2.59. The van der Waals surface area contributed by atoms with Gasteiger partial charge in [0.05, 0.1) is 0 Å². The van der Waals surface area contributed by atoms with Crippen molar-refractivity contribution in [1.82, 2.24) is 15.3 Å². The molecule has 0 aliphatic carbocycles. The zero-order chi connectivity index (χ0) is 12.1. The van der Waals surface area contributed by atoms with Crippen LogP contribution in [0, 0.1) is 13.8 Å². The Kier molecular flexibility index (Phi) is 4.87. The van der Waals surface area contributed by atoms with Crippen LogP contribution in [0.15, 0.2) is 6.07 Å². The lowest BCUT2D eigenvalue weighted by Crippen LogP contribution is -2.32. The van der Waals surface area contributed by atoms with Crippen molar-refractivity contribution in [1.29, 1.82) is 0 Å². The minimum atomic E-state index is 0.401. The number of likely N-dealkylation sites (N-methyl/N-ethyl adjacent to an activating group) is 1. The van der Waals surface area contributed by atoms with Gasteiger partial charge >= 0.3 is 0 Å². The van der Waals surface area contributed by atoms with Crippen LogP contribution < -0.4 is 5.32 Å². The number of nitrogens with zero attached hydrogens (tertiary/aromatic N) is 2. The number of hydrogen-bond acceptors (Lipinski definition) is 3. The van der Waals surface area contributed by atoms with Gasteiger partial charge in [0.2, 0.25) is 0 Å². The molecule has 0 saturated carbocycles. The van der Waals surface area contributed by atoms with E-state index < -0.39 is 0 Å². The molecule has 0 spiro atoms. The summed E-state index contributed by atoms with van der Waals surface area (Å²) in [4.78, 5) is 9.11. The second kappa shape index (κ2) is 5.94. The lowest BCUT2D eigenvalue weighted by Gasteiger charge is -2.22. The van der Waals surface area contributed by atoms with Crippen LogP contribution in [-0.4, -0.2) is 22.6 Å². The lowest BCUT2D eigenvalue weighted by molar-refractivity contribution is 0.442. The van der Waals surface area contributed by atoms with Crippen molar-refractivity contribution in [2.75, 3.05) is 6.54 Å². The van der Waals surface area contributed by atoms with Gasteiger partial charge in [-0.2, -0.15) is 0 Å². The molecule has 3 nitrogen and oxygen atoms in total. The molecular weight excluding hydrogens is 198 g/mol. The van der Waals surface area contributed by atoms with Gasteiger partial charge in [-0.05, 0) is 39.8 Å². The van der Waals surface area contributed by atoms with E-state index in [1.807, 2.05) is 19.9 Å². The predicted molar refractivity (Wildman–Crippen MR) is 67.7 cm³/mol. The van der Waals surface area contributed by atoms with E-state index in [2.05, 4.69) is 36.1 Å². The molecule has 0 saturated heterocycles. The Morgan fingerprint density at radius 1 is 1.19 bits per heavy atom. The third-order valence-electron chi connectivity index (χ3n) is 2.90. The zero-order valence-electron chi connectivity index (χ0n) is 11.0. The molecule has 3 heteroatoms. The highest BCUT2D eigenvalue weighted by atomic mass is 15.0. The van der Waals surface area contributed by atoms with E-state index in [9.17, 15) is 0 Å². The normalized spacial score (nSPS) is 14.8. The van der Waals surface area contributed by atoms with Gasteiger partial charge in [0, 0.05) is 23.3 Å². The van der Waals surface area contributed by atoms with Gasteiger partial charge < -0.3 is 5.32 Å². The molecule has 0 aliphatic heterocycles.